The van der Waals surface area contributed by atoms with E-state index in [2.05, 4.69) is 38.8 Å². The number of alkyl halides is 1. The number of hydrogen-bond donors (Lipinski definition) is 1. The number of hydrogen-bond acceptors (Lipinski definition) is 5. The Morgan fingerprint density at radius 2 is 2.04 bits per heavy atom. The fourth-order valence-corrected chi connectivity index (χ4v) is 2.72. The predicted octanol–water partition coefficient (Wildman–Crippen LogP) is 3.31. The lowest BCUT2D eigenvalue weighted by Crippen LogP contribution is -2.29. The quantitative estimate of drug-likeness (QED) is 0.320. The molecular weight excluding hydrogens is 394 g/mol. The van der Waals surface area contributed by atoms with Gasteiger partial charge < -0.3 is 14.8 Å². The van der Waals surface area contributed by atoms with Crippen molar-refractivity contribution in [3.63, 3.8) is 0 Å². The number of unbranched alkanes of at least 4 members (excludes halogenated alkanes) is 1. The second kappa shape index (κ2) is 11.6. The van der Waals surface area contributed by atoms with Crippen LogP contribution < -0.4 is 5.32 Å². The Morgan fingerprint density at radius 1 is 1.25 bits per heavy atom. The lowest BCUT2D eigenvalue weighted by atomic mass is 10.1. The number of ether oxygens (including phenoxy) is 2. The molecule has 0 radical (unpaired) electrons. The molecule has 7 heteroatoms. The number of thiophene rings is 1. The van der Waals surface area contributed by atoms with Gasteiger partial charge in [-0.3, -0.25) is 9.59 Å². The van der Waals surface area contributed by atoms with Gasteiger partial charge in [0.15, 0.2) is 0 Å². The van der Waals surface area contributed by atoms with E-state index in [1.807, 2.05) is 0 Å². The summed E-state index contributed by atoms with van der Waals surface area (Å²) in [6.45, 7) is 4.88. The van der Waals surface area contributed by atoms with Crippen molar-refractivity contribution >= 4 is 39.1 Å². The minimum atomic E-state index is -0.676. The average molecular weight is 420 g/mol. The van der Waals surface area contributed by atoms with Crippen molar-refractivity contribution in [1.82, 2.24) is 5.32 Å². The molecule has 1 amide bonds. The van der Waals surface area contributed by atoms with Gasteiger partial charge >= 0.3 is 5.97 Å². The van der Waals surface area contributed by atoms with E-state index in [1.54, 1.807) is 25.2 Å². The Morgan fingerprint density at radius 3 is 2.71 bits per heavy atom. The first-order valence-electron chi connectivity index (χ1n) is 8.12. The molecular formula is C17H26BrNO4S. The third kappa shape index (κ3) is 10.1. The van der Waals surface area contributed by atoms with Crippen LogP contribution >= 0.6 is 27.3 Å². The van der Waals surface area contributed by atoms with Gasteiger partial charge in [0.2, 0.25) is 5.91 Å². The molecule has 1 aromatic rings. The summed E-state index contributed by atoms with van der Waals surface area (Å²) >= 11 is 4.99. The third-order valence-corrected chi connectivity index (χ3v) is 4.43. The van der Waals surface area contributed by atoms with Gasteiger partial charge in [-0.25, -0.2) is 0 Å². The van der Waals surface area contributed by atoms with E-state index in [-0.39, 0.29) is 18.5 Å². The smallest absolute Gasteiger partial charge is 0.322 e. The van der Waals surface area contributed by atoms with E-state index in [4.69, 9.17) is 9.47 Å². The molecule has 0 atom stereocenters. The number of aryl methyl sites for hydroxylation is 1. The first kappa shape index (κ1) is 21.1. The number of carbonyl (C=O) groups excluding carboxylic acids is 2. The molecule has 1 aromatic heterocycles. The van der Waals surface area contributed by atoms with Crippen molar-refractivity contribution in [2.75, 3.05) is 26.4 Å². The van der Waals surface area contributed by atoms with Gasteiger partial charge in [-0.2, -0.15) is 0 Å². The topological polar surface area (TPSA) is 64.6 Å². The largest absolute Gasteiger partial charge is 0.462 e. The summed E-state index contributed by atoms with van der Waals surface area (Å²) in [5, 5.41) is 4.90. The summed E-state index contributed by atoms with van der Waals surface area (Å²) in [7, 11) is 0. The number of halogens is 1. The van der Waals surface area contributed by atoms with Crippen molar-refractivity contribution in [2.45, 2.75) is 43.9 Å². The van der Waals surface area contributed by atoms with Crippen LogP contribution in [0, 0.1) is 0 Å². The van der Waals surface area contributed by atoms with Crippen LogP contribution in [0.25, 0.3) is 0 Å². The van der Waals surface area contributed by atoms with Crippen LogP contribution in [0.4, 0.5) is 0 Å². The molecule has 0 bridgehead atoms. The Labute approximate surface area is 156 Å². The van der Waals surface area contributed by atoms with Gasteiger partial charge in [0.1, 0.15) is 10.9 Å². The maximum Gasteiger partial charge on any atom is 0.322 e. The average Bonchev–Trinajstić information content (AvgIpc) is 3.02. The van der Waals surface area contributed by atoms with Crippen LogP contribution in [0.3, 0.4) is 0 Å². The molecule has 0 fully saturated rings. The van der Waals surface area contributed by atoms with Crippen molar-refractivity contribution in [1.29, 1.82) is 0 Å². The van der Waals surface area contributed by atoms with E-state index in [0.29, 0.717) is 26.2 Å². The summed E-state index contributed by atoms with van der Waals surface area (Å²) in [6.07, 6.45) is 3.50. The molecule has 0 saturated heterocycles. The Balaban J connectivity index is 1.90. The van der Waals surface area contributed by atoms with Crippen molar-refractivity contribution in [2.24, 2.45) is 0 Å². The zero-order valence-electron chi connectivity index (χ0n) is 14.3. The monoisotopic (exact) mass is 419 g/mol. The third-order valence-electron chi connectivity index (χ3n) is 3.17. The number of carbonyl (C=O) groups is 2. The highest BCUT2D eigenvalue weighted by Gasteiger charge is 2.25. The van der Waals surface area contributed by atoms with Gasteiger partial charge in [0.05, 0.1) is 13.2 Å². The summed E-state index contributed by atoms with van der Waals surface area (Å²) in [6, 6.07) is 4.17. The highest BCUT2D eigenvalue weighted by atomic mass is 79.9. The van der Waals surface area contributed by atoms with Gasteiger partial charge in [0, 0.05) is 17.8 Å². The Bertz CT molecular complexity index is 485. The summed E-state index contributed by atoms with van der Waals surface area (Å²) in [4.78, 5) is 24.5. The number of esters is 1. The maximum atomic E-state index is 11.7. The fraction of sp³-hybridized carbons (Fsp3) is 0.647. The first-order valence-corrected chi connectivity index (χ1v) is 9.80. The number of nitrogens with one attached hydrogen (secondary N) is 1. The number of amides is 1. The zero-order valence-corrected chi connectivity index (χ0v) is 16.7. The molecule has 0 spiro atoms. The normalized spacial score (nSPS) is 11.3. The molecule has 1 N–H and O–H groups in total. The molecule has 0 aliphatic carbocycles. The van der Waals surface area contributed by atoms with Gasteiger partial charge in [-0.15, -0.1) is 11.3 Å². The summed E-state index contributed by atoms with van der Waals surface area (Å²) in [5.41, 5.74) is 0. The van der Waals surface area contributed by atoms with Gasteiger partial charge in [-0.1, -0.05) is 22.0 Å². The molecule has 136 valence electrons. The molecule has 0 saturated carbocycles. The van der Waals surface area contributed by atoms with E-state index in [0.717, 1.165) is 19.3 Å². The molecule has 0 aliphatic heterocycles. The van der Waals surface area contributed by atoms with Gasteiger partial charge in [-0.05, 0) is 44.6 Å². The van der Waals surface area contributed by atoms with Crippen molar-refractivity contribution in [3.8, 4) is 0 Å². The second-order valence-electron chi connectivity index (χ2n) is 5.86. The molecule has 5 nitrogen and oxygen atoms in total. The fourth-order valence-electron chi connectivity index (χ4n) is 1.86. The van der Waals surface area contributed by atoms with Crippen molar-refractivity contribution in [3.05, 3.63) is 22.4 Å². The minimum Gasteiger partial charge on any atom is -0.462 e. The standard InChI is InChI=1S/C17H26BrNO4S/c1-17(2,18)16(21)23-12-11-22-10-9-19-15(20)8-4-3-6-14-7-5-13-24-14/h5,7,13H,3-4,6,8-12H2,1-2H3,(H,19,20). The van der Waals surface area contributed by atoms with Crippen molar-refractivity contribution < 1.29 is 19.1 Å². The van der Waals surface area contributed by atoms with Crippen LogP contribution in [0.1, 0.15) is 38.0 Å². The SMILES string of the molecule is CC(C)(Br)C(=O)OCCOCCNC(=O)CCCCc1cccs1. The van der Waals surface area contributed by atoms with Crippen LogP contribution in [-0.4, -0.2) is 42.6 Å². The van der Waals surface area contributed by atoms with E-state index >= 15 is 0 Å². The molecule has 0 aliphatic rings. The highest BCUT2D eigenvalue weighted by molar-refractivity contribution is 9.10. The van der Waals surface area contributed by atoms with Gasteiger partial charge in [0.25, 0.3) is 0 Å². The minimum absolute atomic E-state index is 0.0530. The second-order valence-corrected chi connectivity index (χ2v) is 8.87. The van der Waals surface area contributed by atoms with Crippen LogP contribution in [0.15, 0.2) is 17.5 Å². The van der Waals surface area contributed by atoms with Crippen LogP contribution in [-0.2, 0) is 25.5 Å². The molecule has 24 heavy (non-hydrogen) atoms. The van der Waals surface area contributed by atoms with Crippen LogP contribution in [0.2, 0.25) is 0 Å². The molecule has 0 unspecified atom stereocenters. The Hall–Kier alpha value is -0.920. The predicted molar refractivity (Wildman–Crippen MR) is 99.7 cm³/mol. The van der Waals surface area contributed by atoms with E-state index in [9.17, 15) is 9.59 Å². The van der Waals surface area contributed by atoms with Crippen LogP contribution in [0.5, 0.6) is 0 Å². The summed E-state index contributed by atoms with van der Waals surface area (Å²) < 4.78 is 9.67. The Kier molecular flexibility index (Phi) is 10.2. The highest BCUT2D eigenvalue weighted by Crippen LogP contribution is 2.17. The first-order chi connectivity index (χ1) is 11.4. The maximum absolute atomic E-state index is 11.7. The zero-order chi connectivity index (χ0) is 17.8. The lowest BCUT2D eigenvalue weighted by Gasteiger charge is -2.14. The molecule has 1 heterocycles. The number of rotatable bonds is 12. The van der Waals surface area contributed by atoms with E-state index < -0.39 is 4.32 Å². The lowest BCUT2D eigenvalue weighted by molar-refractivity contribution is -0.146. The molecule has 0 aromatic carbocycles. The van der Waals surface area contributed by atoms with E-state index in [1.165, 1.54) is 4.88 Å². The summed E-state index contributed by atoms with van der Waals surface area (Å²) in [5.74, 6) is -0.265. The molecule has 1 rings (SSSR count).